The Hall–Kier alpha value is -2.30. The zero-order valence-electron chi connectivity index (χ0n) is 25.1. The quantitative estimate of drug-likeness (QED) is 0.241. The van der Waals surface area contributed by atoms with Gasteiger partial charge in [0.05, 0.1) is 0 Å². The topological polar surface area (TPSA) is 61.8 Å². The summed E-state index contributed by atoms with van der Waals surface area (Å²) in [5.74, 6) is 2.91. The number of hydrogen-bond acceptors (Lipinski definition) is 5. The molecular formula is C34H50O5. The van der Waals surface area contributed by atoms with Gasteiger partial charge in [0.15, 0.2) is 0 Å². The highest BCUT2D eigenvalue weighted by molar-refractivity contribution is 5.78. The van der Waals surface area contributed by atoms with E-state index in [1.807, 2.05) is 0 Å². The van der Waals surface area contributed by atoms with Crippen molar-refractivity contribution >= 4 is 12.1 Å². The van der Waals surface area contributed by atoms with Crippen LogP contribution in [0.4, 0.5) is 4.79 Å². The van der Waals surface area contributed by atoms with Gasteiger partial charge in [-0.1, -0.05) is 76.6 Å². The molecule has 0 aromatic heterocycles. The van der Waals surface area contributed by atoms with Crippen molar-refractivity contribution in [1.82, 2.24) is 0 Å². The summed E-state index contributed by atoms with van der Waals surface area (Å²) in [6, 6.07) is 0. The molecule has 0 bridgehead atoms. The first-order valence-corrected chi connectivity index (χ1v) is 15.2. The Labute approximate surface area is 236 Å². The van der Waals surface area contributed by atoms with E-state index in [-0.39, 0.29) is 25.3 Å². The van der Waals surface area contributed by atoms with E-state index in [1.165, 1.54) is 37.7 Å². The molecule has 0 amide bonds. The van der Waals surface area contributed by atoms with E-state index in [0.29, 0.717) is 35.5 Å². The molecule has 0 radical (unpaired) electrons. The molecule has 4 aliphatic rings. The third-order valence-electron chi connectivity index (χ3n) is 10.4. The Kier molecular flexibility index (Phi) is 9.18. The summed E-state index contributed by atoms with van der Waals surface area (Å²) in [6.45, 7) is 17.9. The fourth-order valence-electron chi connectivity index (χ4n) is 7.26. The number of esters is 1. The average molecular weight is 539 g/mol. The minimum absolute atomic E-state index is 0.00873. The van der Waals surface area contributed by atoms with E-state index >= 15 is 0 Å². The van der Waals surface area contributed by atoms with Crippen LogP contribution in [-0.4, -0.2) is 31.4 Å². The van der Waals surface area contributed by atoms with E-state index in [0.717, 1.165) is 24.3 Å². The SMILES string of the molecule is C=C1CC[C@H](OC(=O)C2(C)COC(=O)OC2)C/C1=C/C=C1\CCC[C@]2(C)[C@@H]([C@H](C)/C=C/[C@H](C)C(C)C)CC[C@@H]12. The molecule has 1 aliphatic heterocycles. The number of cyclic esters (lactones) is 2. The van der Waals surface area contributed by atoms with Gasteiger partial charge in [0.1, 0.15) is 24.7 Å². The lowest BCUT2D eigenvalue weighted by Gasteiger charge is -2.44. The van der Waals surface area contributed by atoms with Crippen molar-refractivity contribution in [1.29, 1.82) is 0 Å². The lowest BCUT2D eigenvalue weighted by atomic mass is 9.61. The maximum atomic E-state index is 12.9. The van der Waals surface area contributed by atoms with Crippen molar-refractivity contribution < 1.29 is 23.8 Å². The first-order chi connectivity index (χ1) is 18.4. The molecule has 5 heteroatoms. The largest absolute Gasteiger partial charge is 0.508 e. The summed E-state index contributed by atoms with van der Waals surface area (Å²) in [5.41, 5.74) is 3.31. The first-order valence-electron chi connectivity index (χ1n) is 15.2. The lowest BCUT2D eigenvalue weighted by molar-refractivity contribution is -0.172. The van der Waals surface area contributed by atoms with Crippen LogP contribution in [-0.2, 0) is 19.0 Å². The Morgan fingerprint density at radius 2 is 1.74 bits per heavy atom. The third-order valence-corrected chi connectivity index (χ3v) is 10.4. The molecule has 39 heavy (non-hydrogen) atoms. The molecule has 0 aromatic carbocycles. The van der Waals surface area contributed by atoms with Crippen LogP contribution in [0.25, 0.3) is 0 Å². The van der Waals surface area contributed by atoms with E-state index in [9.17, 15) is 9.59 Å². The van der Waals surface area contributed by atoms with Crippen LogP contribution in [0.3, 0.4) is 0 Å². The molecule has 3 aliphatic carbocycles. The summed E-state index contributed by atoms with van der Waals surface area (Å²) in [5, 5.41) is 0. The zero-order chi connectivity index (χ0) is 28.4. The smallest absolute Gasteiger partial charge is 0.461 e. The Morgan fingerprint density at radius 3 is 2.44 bits per heavy atom. The second-order valence-corrected chi connectivity index (χ2v) is 13.6. The van der Waals surface area contributed by atoms with Gasteiger partial charge in [-0.25, -0.2) is 4.79 Å². The molecule has 4 fully saturated rings. The molecule has 0 spiro atoms. The summed E-state index contributed by atoms with van der Waals surface area (Å²) < 4.78 is 15.8. The molecule has 1 saturated heterocycles. The zero-order valence-corrected chi connectivity index (χ0v) is 25.1. The highest BCUT2D eigenvalue weighted by atomic mass is 16.7. The highest BCUT2D eigenvalue weighted by Gasteiger charge is 2.50. The Bertz CT molecular complexity index is 1020. The molecule has 0 unspecified atom stereocenters. The van der Waals surface area contributed by atoms with Gasteiger partial charge in [-0.2, -0.15) is 0 Å². The van der Waals surface area contributed by atoms with E-state index < -0.39 is 11.6 Å². The normalized spacial score (nSPS) is 34.6. The fraction of sp³-hybridized carbons (Fsp3) is 0.706. The number of fused-ring (bicyclic) bond motifs is 1. The average Bonchev–Trinajstić information content (AvgIpc) is 3.26. The lowest BCUT2D eigenvalue weighted by Crippen LogP contribution is -2.45. The molecule has 6 atom stereocenters. The van der Waals surface area contributed by atoms with Crippen LogP contribution in [0, 0.1) is 40.4 Å². The van der Waals surface area contributed by atoms with Crippen molar-refractivity contribution in [3.8, 4) is 0 Å². The highest BCUT2D eigenvalue weighted by Crippen LogP contribution is 2.59. The van der Waals surface area contributed by atoms with Crippen LogP contribution in [0.1, 0.15) is 92.9 Å². The van der Waals surface area contributed by atoms with E-state index in [1.54, 1.807) is 12.5 Å². The maximum Gasteiger partial charge on any atom is 0.508 e. The number of carbonyl (C=O) groups excluding carboxylic acids is 2. The van der Waals surface area contributed by atoms with Crippen molar-refractivity contribution in [3.05, 3.63) is 47.6 Å². The van der Waals surface area contributed by atoms with E-state index in [2.05, 4.69) is 65.5 Å². The Morgan fingerprint density at radius 1 is 1.03 bits per heavy atom. The van der Waals surface area contributed by atoms with Crippen LogP contribution in [0.15, 0.2) is 47.6 Å². The summed E-state index contributed by atoms with van der Waals surface area (Å²) in [7, 11) is 0. The molecule has 216 valence electrons. The van der Waals surface area contributed by atoms with Crippen LogP contribution >= 0.6 is 0 Å². The van der Waals surface area contributed by atoms with Crippen LogP contribution < -0.4 is 0 Å². The van der Waals surface area contributed by atoms with Crippen molar-refractivity contribution in [2.24, 2.45) is 40.4 Å². The maximum absolute atomic E-state index is 12.9. The fourth-order valence-corrected chi connectivity index (χ4v) is 7.26. The van der Waals surface area contributed by atoms with Gasteiger partial charge < -0.3 is 14.2 Å². The molecule has 0 N–H and O–H groups in total. The summed E-state index contributed by atoms with van der Waals surface area (Å²) >= 11 is 0. The Balaban J connectivity index is 1.42. The molecule has 1 heterocycles. The molecule has 0 aromatic rings. The summed E-state index contributed by atoms with van der Waals surface area (Å²) in [4.78, 5) is 24.1. The monoisotopic (exact) mass is 538 g/mol. The number of allylic oxidation sites excluding steroid dienone is 6. The number of ether oxygens (including phenoxy) is 3. The van der Waals surface area contributed by atoms with Gasteiger partial charge in [0.25, 0.3) is 0 Å². The standard InChI is InChI=1S/C34H50O5/c1-22(2)23(3)10-11-25(5)29-16-17-30-26(9-8-18-34(29,30)7)13-14-27-19-28(15-12-24(27)4)39-31(35)33(6)20-37-32(36)38-21-33/h10-11,13-14,22-23,25,28-30H,4,8-9,12,15-21H2,1-3,5-7H3/b11-10+,26-13+,27-14-/t23-,25+,28-,29+,30-,34+/m0/s1. The van der Waals surface area contributed by atoms with Crippen LogP contribution in [0.5, 0.6) is 0 Å². The molecule has 5 nitrogen and oxygen atoms in total. The van der Waals surface area contributed by atoms with Gasteiger partial charge >= 0.3 is 12.1 Å². The van der Waals surface area contributed by atoms with Crippen molar-refractivity contribution in [3.63, 3.8) is 0 Å². The second kappa shape index (κ2) is 12.1. The molecule has 4 rings (SSSR count). The minimum Gasteiger partial charge on any atom is -0.461 e. The van der Waals surface area contributed by atoms with Crippen molar-refractivity contribution in [2.75, 3.05) is 13.2 Å². The van der Waals surface area contributed by atoms with Gasteiger partial charge in [0, 0.05) is 6.42 Å². The third kappa shape index (κ3) is 6.55. The molecule has 3 saturated carbocycles. The number of carbonyl (C=O) groups is 2. The second-order valence-electron chi connectivity index (χ2n) is 13.6. The van der Waals surface area contributed by atoms with Gasteiger partial charge in [-0.05, 0) is 92.4 Å². The molecular weight excluding hydrogens is 488 g/mol. The van der Waals surface area contributed by atoms with Gasteiger partial charge in [-0.3, -0.25) is 4.79 Å². The minimum atomic E-state index is -0.959. The predicted octanol–water partition coefficient (Wildman–Crippen LogP) is 8.37. The van der Waals surface area contributed by atoms with E-state index in [4.69, 9.17) is 14.2 Å². The van der Waals surface area contributed by atoms with Gasteiger partial charge in [0.2, 0.25) is 0 Å². The summed E-state index contributed by atoms with van der Waals surface area (Å²) in [6.07, 6.45) is 17.2. The first kappa shape index (κ1) is 29.7. The number of rotatable bonds is 7. The van der Waals surface area contributed by atoms with Crippen LogP contribution in [0.2, 0.25) is 0 Å². The predicted molar refractivity (Wildman–Crippen MR) is 155 cm³/mol. The number of hydrogen-bond donors (Lipinski definition) is 0. The van der Waals surface area contributed by atoms with Crippen molar-refractivity contribution in [2.45, 2.75) is 99.0 Å². The van der Waals surface area contributed by atoms with Gasteiger partial charge in [-0.15, -0.1) is 0 Å².